The molecule has 170 valence electrons. The molecule has 1 aliphatic rings. The monoisotopic (exact) mass is 434 g/mol. The van der Waals surface area contributed by atoms with Crippen LogP contribution in [0.1, 0.15) is 56.5 Å². The molecule has 32 heavy (non-hydrogen) atoms. The van der Waals surface area contributed by atoms with Gasteiger partial charge in [-0.15, -0.1) is 0 Å². The van der Waals surface area contributed by atoms with Gasteiger partial charge in [-0.2, -0.15) is 5.10 Å². The van der Waals surface area contributed by atoms with Crippen LogP contribution in [0.5, 0.6) is 5.75 Å². The lowest BCUT2D eigenvalue weighted by Crippen LogP contribution is -2.31. The lowest BCUT2D eigenvalue weighted by atomic mass is 10.0. The van der Waals surface area contributed by atoms with E-state index in [9.17, 15) is 4.79 Å². The van der Waals surface area contributed by atoms with Gasteiger partial charge in [0, 0.05) is 35.6 Å². The molecular formula is C26H34N4O2. The van der Waals surface area contributed by atoms with Gasteiger partial charge in [-0.25, -0.2) is 9.50 Å². The molecule has 1 aromatic carbocycles. The second kappa shape index (κ2) is 9.72. The smallest absolute Gasteiger partial charge is 0.227 e. The van der Waals surface area contributed by atoms with E-state index in [-0.39, 0.29) is 12.3 Å². The van der Waals surface area contributed by atoms with E-state index in [4.69, 9.17) is 14.8 Å². The molecule has 4 rings (SSSR count). The second-order valence-electron chi connectivity index (χ2n) is 8.83. The third kappa shape index (κ3) is 4.64. The van der Waals surface area contributed by atoms with Gasteiger partial charge in [0.25, 0.3) is 0 Å². The van der Waals surface area contributed by atoms with Gasteiger partial charge in [0.15, 0.2) is 5.65 Å². The average Bonchev–Trinajstić information content (AvgIpc) is 3.42. The maximum Gasteiger partial charge on any atom is 0.227 e. The molecule has 0 N–H and O–H groups in total. The minimum absolute atomic E-state index is 0.101. The number of amides is 1. The van der Waals surface area contributed by atoms with E-state index in [1.807, 2.05) is 67.4 Å². The molecule has 1 amide bonds. The Kier molecular flexibility index (Phi) is 6.77. The third-order valence-electron chi connectivity index (χ3n) is 6.52. The number of hydrogen-bond acceptors (Lipinski definition) is 4. The van der Waals surface area contributed by atoms with Gasteiger partial charge in [0.1, 0.15) is 5.75 Å². The second-order valence-corrected chi connectivity index (χ2v) is 8.83. The summed E-state index contributed by atoms with van der Waals surface area (Å²) in [6.45, 7) is 10.2. The van der Waals surface area contributed by atoms with Crippen molar-refractivity contribution in [2.24, 2.45) is 5.92 Å². The molecular weight excluding hydrogens is 400 g/mol. The standard InChI is InChI=1S/C26H34N4O2/c1-5-29(6-2)24(31)16-23-25(28-30-19(4)15-18(3)27-26(23)30)21-11-13-22(14-12-21)32-17-20-9-7-8-10-20/h11-15,20H,5-10,16-17H2,1-4H3. The summed E-state index contributed by atoms with van der Waals surface area (Å²) in [7, 11) is 0. The maximum atomic E-state index is 13.0. The Balaban J connectivity index is 1.66. The molecule has 6 nitrogen and oxygen atoms in total. The molecule has 2 heterocycles. The molecule has 0 radical (unpaired) electrons. The minimum Gasteiger partial charge on any atom is -0.493 e. The molecule has 0 saturated heterocycles. The SMILES string of the molecule is CCN(CC)C(=O)Cc1c(-c2ccc(OCC3CCCC3)cc2)nn2c(C)cc(C)nc12. The molecule has 2 aromatic heterocycles. The Hall–Kier alpha value is -2.89. The van der Waals surface area contributed by atoms with Gasteiger partial charge in [-0.3, -0.25) is 4.79 Å². The summed E-state index contributed by atoms with van der Waals surface area (Å²) in [5.41, 5.74) is 5.37. The molecule has 0 unspecified atom stereocenters. The van der Waals surface area contributed by atoms with E-state index < -0.39 is 0 Å². The van der Waals surface area contributed by atoms with Crippen molar-refractivity contribution in [2.75, 3.05) is 19.7 Å². The van der Waals surface area contributed by atoms with E-state index in [0.29, 0.717) is 19.0 Å². The summed E-state index contributed by atoms with van der Waals surface area (Å²) < 4.78 is 7.89. The van der Waals surface area contributed by atoms with Crippen LogP contribution >= 0.6 is 0 Å². The van der Waals surface area contributed by atoms with Crippen molar-refractivity contribution in [2.45, 2.75) is 59.8 Å². The van der Waals surface area contributed by atoms with Crippen LogP contribution in [0.4, 0.5) is 0 Å². The number of carbonyl (C=O) groups excluding carboxylic acids is 1. The lowest BCUT2D eigenvalue weighted by Gasteiger charge is -2.18. The maximum absolute atomic E-state index is 13.0. The van der Waals surface area contributed by atoms with Crippen molar-refractivity contribution in [3.05, 3.63) is 47.3 Å². The third-order valence-corrected chi connectivity index (χ3v) is 6.52. The normalized spacial score (nSPS) is 14.2. The number of hydrogen-bond donors (Lipinski definition) is 0. The minimum atomic E-state index is 0.101. The fraction of sp³-hybridized carbons (Fsp3) is 0.500. The number of benzene rings is 1. The Labute approximate surface area is 190 Å². The van der Waals surface area contributed by atoms with Gasteiger partial charge < -0.3 is 9.64 Å². The van der Waals surface area contributed by atoms with Crippen LogP contribution in [-0.2, 0) is 11.2 Å². The summed E-state index contributed by atoms with van der Waals surface area (Å²) >= 11 is 0. The van der Waals surface area contributed by atoms with Crippen LogP contribution in [0.15, 0.2) is 30.3 Å². The van der Waals surface area contributed by atoms with Crippen molar-refractivity contribution < 1.29 is 9.53 Å². The van der Waals surface area contributed by atoms with Crippen LogP contribution in [0.2, 0.25) is 0 Å². The average molecular weight is 435 g/mol. The number of fused-ring (bicyclic) bond motifs is 1. The highest BCUT2D eigenvalue weighted by Crippen LogP contribution is 2.30. The quantitative estimate of drug-likeness (QED) is 0.501. The first-order valence-corrected chi connectivity index (χ1v) is 11.9. The van der Waals surface area contributed by atoms with Crippen LogP contribution in [-0.4, -0.2) is 45.1 Å². The number of aromatic nitrogens is 3. The van der Waals surface area contributed by atoms with Gasteiger partial charge >= 0.3 is 0 Å². The molecule has 1 aliphatic carbocycles. The zero-order valence-corrected chi connectivity index (χ0v) is 19.7. The van der Waals surface area contributed by atoms with Crippen LogP contribution in [0.25, 0.3) is 16.9 Å². The highest BCUT2D eigenvalue weighted by Gasteiger charge is 2.22. The Bertz CT molecular complexity index is 1080. The number of likely N-dealkylation sites (N-methyl/N-ethyl adjacent to an activating group) is 1. The topological polar surface area (TPSA) is 59.7 Å². The molecule has 1 fully saturated rings. The van der Waals surface area contributed by atoms with Gasteiger partial charge in [-0.1, -0.05) is 12.8 Å². The van der Waals surface area contributed by atoms with Crippen molar-refractivity contribution in [1.29, 1.82) is 0 Å². The fourth-order valence-corrected chi connectivity index (χ4v) is 4.70. The Morgan fingerprint density at radius 2 is 1.81 bits per heavy atom. The first-order chi connectivity index (χ1) is 15.5. The summed E-state index contributed by atoms with van der Waals surface area (Å²) in [6.07, 6.45) is 5.48. The van der Waals surface area contributed by atoms with Crippen molar-refractivity contribution in [3.8, 4) is 17.0 Å². The number of carbonyl (C=O) groups is 1. The van der Waals surface area contributed by atoms with E-state index >= 15 is 0 Å². The molecule has 0 atom stereocenters. The predicted molar refractivity (Wildman–Crippen MR) is 127 cm³/mol. The summed E-state index contributed by atoms with van der Waals surface area (Å²) in [4.78, 5) is 19.6. The Morgan fingerprint density at radius 3 is 2.47 bits per heavy atom. The largest absolute Gasteiger partial charge is 0.493 e. The molecule has 0 bridgehead atoms. The van der Waals surface area contributed by atoms with Gasteiger partial charge in [0.05, 0.1) is 18.7 Å². The van der Waals surface area contributed by atoms with Crippen LogP contribution in [0, 0.1) is 19.8 Å². The fourth-order valence-electron chi connectivity index (χ4n) is 4.70. The summed E-state index contributed by atoms with van der Waals surface area (Å²) in [6, 6.07) is 10.1. The van der Waals surface area contributed by atoms with E-state index in [0.717, 1.165) is 46.2 Å². The number of nitrogens with zero attached hydrogens (tertiary/aromatic N) is 4. The molecule has 3 aromatic rings. The first-order valence-electron chi connectivity index (χ1n) is 11.9. The van der Waals surface area contributed by atoms with Crippen LogP contribution < -0.4 is 4.74 Å². The van der Waals surface area contributed by atoms with Crippen LogP contribution in [0.3, 0.4) is 0 Å². The number of rotatable bonds is 8. The molecule has 1 saturated carbocycles. The molecule has 0 aliphatic heterocycles. The molecule has 6 heteroatoms. The summed E-state index contributed by atoms with van der Waals surface area (Å²) in [5, 5.41) is 4.87. The van der Waals surface area contributed by atoms with Crippen molar-refractivity contribution >= 4 is 11.6 Å². The van der Waals surface area contributed by atoms with Crippen molar-refractivity contribution in [1.82, 2.24) is 19.5 Å². The highest BCUT2D eigenvalue weighted by atomic mass is 16.5. The van der Waals surface area contributed by atoms with Gasteiger partial charge in [0.2, 0.25) is 5.91 Å². The van der Waals surface area contributed by atoms with Gasteiger partial charge in [-0.05, 0) is 76.8 Å². The van der Waals surface area contributed by atoms with Crippen molar-refractivity contribution in [3.63, 3.8) is 0 Å². The number of ether oxygens (including phenoxy) is 1. The van der Waals surface area contributed by atoms with E-state index in [2.05, 4.69) is 0 Å². The summed E-state index contributed by atoms with van der Waals surface area (Å²) in [5.74, 6) is 1.67. The van der Waals surface area contributed by atoms with E-state index in [1.165, 1.54) is 25.7 Å². The molecule has 0 spiro atoms. The predicted octanol–water partition coefficient (Wildman–Crippen LogP) is 4.99. The van der Waals surface area contributed by atoms with E-state index in [1.54, 1.807) is 0 Å². The lowest BCUT2D eigenvalue weighted by molar-refractivity contribution is -0.130. The number of aryl methyl sites for hydroxylation is 2. The highest BCUT2D eigenvalue weighted by molar-refractivity contribution is 5.84. The Morgan fingerprint density at radius 1 is 1.12 bits per heavy atom. The first kappa shape index (κ1) is 22.3. The zero-order valence-electron chi connectivity index (χ0n) is 19.7. The zero-order chi connectivity index (χ0) is 22.7.